The molecule has 0 radical (unpaired) electrons. The molecule has 0 fully saturated rings. The van der Waals surface area contributed by atoms with Crippen LogP contribution in [0.2, 0.25) is 0 Å². The van der Waals surface area contributed by atoms with Crippen LogP contribution in [0, 0.1) is 20.2 Å². The van der Waals surface area contributed by atoms with E-state index in [1.165, 1.54) is 6.08 Å². The van der Waals surface area contributed by atoms with E-state index >= 15 is 0 Å². The van der Waals surface area contributed by atoms with Crippen molar-refractivity contribution >= 4 is 17.1 Å². The molecule has 10 heteroatoms. The molecular formula is C11H10F3N3O4. The van der Waals surface area contributed by atoms with Gasteiger partial charge >= 0.3 is 6.18 Å². The fourth-order valence-corrected chi connectivity index (χ4v) is 1.52. The lowest BCUT2D eigenvalue weighted by atomic mass is 10.1. The first-order valence-corrected chi connectivity index (χ1v) is 5.57. The van der Waals surface area contributed by atoms with Crippen molar-refractivity contribution < 1.29 is 23.0 Å². The largest absolute Gasteiger partial charge is 0.416 e. The SMILES string of the molecule is CC=CCNc1c([N+](=O)[O-])cc(C(F)(F)F)cc1[N+](=O)[O-]. The van der Waals surface area contributed by atoms with Crippen LogP contribution in [-0.4, -0.2) is 16.4 Å². The van der Waals surface area contributed by atoms with Gasteiger partial charge in [0.2, 0.25) is 0 Å². The second-order valence-electron chi connectivity index (χ2n) is 3.85. The number of alkyl halides is 3. The minimum atomic E-state index is -4.92. The lowest BCUT2D eigenvalue weighted by molar-refractivity contribution is -0.392. The lowest BCUT2D eigenvalue weighted by Crippen LogP contribution is -2.10. The number of halogens is 3. The van der Waals surface area contributed by atoms with Gasteiger partial charge in [-0.1, -0.05) is 12.2 Å². The Morgan fingerprint density at radius 3 is 2.00 bits per heavy atom. The van der Waals surface area contributed by atoms with E-state index in [-0.39, 0.29) is 18.7 Å². The van der Waals surface area contributed by atoms with E-state index in [2.05, 4.69) is 5.32 Å². The summed E-state index contributed by atoms with van der Waals surface area (Å²) in [7, 11) is 0. The first kappa shape index (κ1) is 16.4. The van der Waals surface area contributed by atoms with Gasteiger partial charge in [-0.05, 0) is 6.92 Å². The summed E-state index contributed by atoms with van der Waals surface area (Å²) in [5, 5.41) is 24.1. The number of hydrogen-bond donors (Lipinski definition) is 1. The first-order chi connectivity index (χ1) is 9.68. The zero-order valence-electron chi connectivity index (χ0n) is 10.7. The molecule has 0 atom stereocenters. The molecule has 21 heavy (non-hydrogen) atoms. The molecular weight excluding hydrogens is 295 g/mol. The number of nitro groups is 2. The van der Waals surface area contributed by atoms with Gasteiger partial charge in [-0.15, -0.1) is 0 Å². The third-order valence-corrected chi connectivity index (χ3v) is 2.45. The molecule has 0 spiro atoms. The van der Waals surface area contributed by atoms with Gasteiger partial charge in [0, 0.05) is 18.7 Å². The third-order valence-electron chi connectivity index (χ3n) is 2.45. The maximum Gasteiger partial charge on any atom is 0.416 e. The summed E-state index contributed by atoms with van der Waals surface area (Å²) in [6.45, 7) is 1.65. The molecule has 7 nitrogen and oxygen atoms in total. The van der Waals surface area contributed by atoms with Gasteiger partial charge in [-0.25, -0.2) is 0 Å². The van der Waals surface area contributed by atoms with Crippen molar-refractivity contribution in [3.8, 4) is 0 Å². The predicted molar refractivity (Wildman–Crippen MR) is 68.1 cm³/mol. The number of benzene rings is 1. The predicted octanol–water partition coefficient (Wildman–Crippen LogP) is 3.51. The maximum atomic E-state index is 12.6. The Hall–Kier alpha value is -2.65. The highest BCUT2D eigenvalue weighted by molar-refractivity contribution is 5.75. The summed E-state index contributed by atoms with van der Waals surface area (Å²) >= 11 is 0. The summed E-state index contributed by atoms with van der Waals surface area (Å²) in [6.07, 6.45) is -1.84. The van der Waals surface area contributed by atoms with E-state index in [4.69, 9.17) is 0 Å². The Morgan fingerprint density at radius 2 is 1.67 bits per heavy atom. The Morgan fingerprint density at radius 1 is 1.19 bits per heavy atom. The molecule has 0 saturated carbocycles. The van der Waals surface area contributed by atoms with Crippen molar-refractivity contribution in [1.82, 2.24) is 0 Å². The van der Waals surface area contributed by atoms with Gasteiger partial charge in [0.25, 0.3) is 11.4 Å². The quantitative estimate of drug-likeness (QED) is 0.510. The van der Waals surface area contributed by atoms with Crippen molar-refractivity contribution in [2.24, 2.45) is 0 Å². The Balaban J connectivity index is 3.51. The molecule has 0 aromatic heterocycles. The van der Waals surface area contributed by atoms with Crippen LogP contribution < -0.4 is 5.32 Å². The van der Waals surface area contributed by atoms with Gasteiger partial charge in [0.15, 0.2) is 5.69 Å². The second-order valence-corrected chi connectivity index (χ2v) is 3.85. The molecule has 0 saturated heterocycles. The minimum Gasteiger partial charge on any atom is -0.370 e. The molecule has 0 aliphatic rings. The summed E-state index contributed by atoms with van der Waals surface area (Å²) in [5.41, 5.74) is -4.00. The maximum absolute atomic E-state index is 12.6. The van der Waals surface area contributed by atoms with E-state index in [0.717, 1.165) is 0 Å². The number of nitrogens with zero attached hydrogens (tertiary/aromatic N) is 2. The fourth-order valence-electron chi connectivity index (χ4n) is 1.52. The van der Waals surface area contributed by atoms with Gasteiger partial charge in [0.05, 0.1) is 15.4 Å². The second kappa shape index (κ2) is 6.20. The van der Waals surface area contributed by atoms with Crippen LogP contribution in [0.25, 0.3) is 0 Å². The average molecular weight is 305 g/mol. The summed E-state index contributed by atoms with van der Waals surface area (Å²) < 4.78 is 37.9. The standard InChI is InChI=1S/C11H10F3N3O4/c1-2-3-4-15-10-8(16(18)19)5-7(11(12,13)14)6-9(10)17(20)21/h2-3,5-6,15H,4H2,1H3. The highest BCUT2D eigenvalue weighted by Crippen LogP contribution is 2.41. The molecule has 0 heterocycles. The van der Waals surface area contributed by atoms with Crippen LogP contribution in [0.1, 0.15) is 12.5 Å². The lowest BCUT2D eigenvalue weighted by Gasteiger charge is -2.10. The van der Waals surface area contributed by atoms with Crippen LogP contribution in [0.4, 0.5) is 30.2 Å². The van der Waals surface area contributed by atoms with Crippen LogP contribution in [0.5, 0.6) is 0 Å². The van der Waals surface area contributed by atoms with E-state index in [9.17, 15) is 33.4 Å². The topological polar surface area (TPSA) is 98.3 Å². The van der Waals surface area contributed by atoms with Gasteiger partial charge in [-0.3, -0.25) is 20.2 Å². The van der Waals surface area contributed by atoms with Crippen molar-refractivity contribution in [2.45, 2.75) is 13.1 Å². The number of nitrogens with one attached hydrogen (secondary N) is 1. The average Bonchev–Trinajstić information content (AvgIpc) is 2.36. The van der Waals surface area contributed by atoms with E-state index in [1.54, 1.807) is 13.0 Å². The van der Waals surface area contributed by atoms with Crippen LogP contribution >= 0.6 is 0 Å². The van der Waals surface area contributed by atoms with Crippen LogP contribution in [-0.2, 0) is 6.18 Å². The first-order valence-electron chi connectivity index (χ1n) is 5.57. The van der Waals surface area contributed by atoms with E-state index in [0.29, 0.717) is 0 Å². The highest BCUT2D eigenvalue weighted by atomic mass is 19.4. The van der Waals surface area contributed by atoms with Crippen molar-refractivity contribution in [2.75, 3.05) is 11.9 Å². The normalized spacial score (nSPS) is 11.6. The number of rotatable bonds is 5. The number of allylic oxidation sites excluding steroid dienone is 1. The number of anilines is 1. The molecule has 114 valence electrons. The van der Waals surface area contributed by atoms with Crippen molar-refractivity contribution in [1.29, 1.82) is 0 Å². The molecule has 1 N–H and O–H groups in total. The Kier molecular flexibility index (Phi) is 4.84. The van der Waals surface area contributed by atoms with E-state index < -0.39 is 38.6 Å². The molecule has 1 aromatic rings. The molecule has 0 unspecified atom stereocenters. The smallest absolute Gasteiger partial charge is 0.370 e. The number of nitro benzene ring substituents is 2. The van der Waals surface area contributed by atoms with E-state index in [1.807, 2.05) is 0 Å². The highest BCUT2D eigenvalue weighted by Gasteiger charge is 2.37. The minimum absolute atomic E-state index is 0.00352. The van der Waals surface area contributed by atoms with Gasteiger partial charge in [0.1, 0.15) is 0 Å². The summed E-state index contributed by atoms with van der Waals surface area (Å²) in [6, 6.07) is 0.538. The summed E-state index contributed by atoms with van der Waals surface area (Å²) in [5.74, 6) is 0. The Labute approximate surface area is 116 Å². The fraction of sp³-hybridized carbons (Fsp3) is 0.273. The van der Waals surface area contributed by atoms with Crippen LogP contribution in [0.3, 0.4) is 0 Å². The number of hydrogen-bond acceptors (Lipinski definition) is 5. The van der Waals surface area contributed by atoms with Crippen molar-refractivity contribution in [3.05, 3.63) is 50.1 Å². The Bertz CT molecular complexity index is 564. The molecule has 1 aromatic carbocycles. The molecule has 1 rings (SSSR count). The third kappa shape index (κ3) is 3.91. The van der Waals surface area contributed by atoms with Gasteiger partial charge < -0.3 is 5.32 Å². The zero-order chi connectivity index (χ0) is 16.2. The molecule has 0 aliphatic carbocycles. The van der Waals surface area contributed by atoms with Gasteiger partial charge in [-0.2, -0.15) is 13.2 Å². The molecule has 0 bridgehead atoms. The molecule has 0 aliphatic heterocycles. The zero-order valence-corrected chi connectivity index (χ0v) is 10.7. The van der Waals surface area contributed by atoms with Crippen molar-refractivity contribution in [3.63, 3.8) is 0 Å². The molecule has 0 amide bonds. The monoisotopic (exact) mass is 305 g/mol. The summed E-state index contributed by atoms with van der Waals surface area (Å²) in [4.78, 5) is 19.5. The van der Waals surface area contributed by atoms with Crippen LogP contribution in [0.15, 0.2) is 24.3 Å².